The van der Waals surface area contributed by atoms with Crippen LogP contribution in [0.3, 0.4) is 0 Å². The third-order valence-electron chi connectivity index (χ3n) is 12.5. The number of pyridine rings is 1. The summed E-state index contributed by atoms with van der Waals surface area (Å²) in [5, 5.41) is 2.23. The minimum Gasteiger partial charge on any atom is -0.455 e. The number of aromatic nitrogens is 3. The van der Waals surface area contributed by atoms with Gasteiger partial charge in [0.25, 0.3) is 0 Å². The Morgan fingerprint density at radius 1 is 0.269 bits per heavy atom. The lowest BCUT2D eigenvalue weighted by Crippen LogP contribution is -2.01. The topological polar surface area (TPSA) is 51.8 Å². The van der Waals surface area contributed by atoms with Crippen molar-refractivity contribution in [1.82, 2.24) is 15.0 Å². The summed E-state index contributed by atoms with van der Waals surface area (Å²) in [6, 6.07) is 86.8. The van der Waals surface area contributed by atoms with Gasteiger partial charge in [0.15, 0.2) is 5.82 Å². The Labute approximate surface area is 389 Å². The number of hydrogen-bond acceptors (Lipinski definition) is 4. The molecule has 0 aliphatic heterocycles. The van der Waals surface area contributed by atoms with Crippen LogP contribution in [0.4, 0.5) is 0 Å². The molecule has 0 aliphatic carbocycles. The summed E-state index contributed by atoms with van der Waals surface area (Å²) >= 11 is 0. The molecule has 4 heteroatoms. The molecule has 0 bridgehead atoms. The summed E-state index contributed by atoms with van der Waals surface area (Å²) in [7, 11) is 0. The van der Waals surface area contributed by atoms with Gasteiger partial charge in [-0.05, 0) is 34.4 Å². The highest BCUT2D eigenvalue weighted by atomic mass is 16.3. The Morgan fingerprint density at radius 3 is 1.22 bits per heavy atom. The molecule has 0 saturated heterocycles. The van der Waals surface area contributed by atoms with Crippen molar-refractivity contribution in [3.8, 4) is 101 Å². The van der Waals surface area contributed by atoms with Crippen LogP contribution in [0.5, 0.6) is 0 Å². The second-order valence-electron chi connectivity index (χ2n) is 16.7. The van der Waals surface area contributed by atoms with Gasteiger partial charge in [-0.15, -0.1) is 0 Å². The SMILES string of the molecule is c1ccc(-c2cc(-c3ccc(-c4cccc5c4oc4ccccc45)cc3)nc(-c3ccc(-c4c(-c5ccccc5)c(-c5ccccc5)nc(-c5ccccc5)c4-c4ccccc4)cc3)n2)cc1. The molecule has 12 rings (SSSR count). The lowest BCUT2D eigenvalue weighted by molar-refractivity contribution is 0.670. The number of hydrogen-bond donors (Lipinski definition) is 0. The van der Waals surface area contributed by atoms with E-state index in [0.717, 1.165) is 117 Å². The number of benzene rings is 9. The van der Waals surface area contributed by atoms with Crippen molar-refractivity contribution in [2.24, 2.45) is 0 Å². The van der Waals surface area contributed by atoms with Gasteiger partial charge < -0.3 is 4.42 Å². The van der Waals surface area contributed by atoms with Gasteiger partial charge in [-0.2, -0.15) is 0 Å². The van der Waals surface area contributed by atoms with E-state index in [0.29, 0.717) is 5.82 Å². The molecular weight excluding hydrogens is 815 g/mol. The first-order valence-corrected chi connectivity index (χ1v) is 22.6. The molecule has 0 saturated carbocycles. The van der Waals surface area contributed by atoms with Crippen molar-refractivity contribution in [2.45, 2.75) is 0 Å². The zero-order chi connectivity index (χ0) is 44.5. The summed E-state index contributed by atoms with van der Waals surface area (Å²) in [6.45, 7) is 0. The van der Waals surface area contributed by atoms with Crippen molar-refractivity contribution >= 4 is 21.9 Å². The van der Waals surface area contributed by atoms with E-state index in [1.54, 1.807) is 0 Å². The van der Waals surface area contributed by atoms with Crippen LogP contribution >= 0.6 is 0 Å². The van der Waals surface area contributed by atoms with E-state index >= 15 is 0 Å². The Kier molecular flexibility index (Phi) is 10.2. The van der Waals surface area contributed by atoms with E-state index in [2.05, 4.69) is 231 Å². The standard InChI is InChI=1S/C63H41N3O/c1-6-19-43(20-7-1)54-41-55(44-35-33-42(34-36-44)51-30-18-31-53-52-29-16-17-32-56(52)67-62(51)53)65-63(64-54)50-39-37-47(38-40-50)57-58(45-21-8-2-9-22-45)60(48-25-12-4-13-26-48)66-61(49-27-14-5-15-28-49)59(57)46-23-10-3-11-24-46/h1-41H. The van der Waals surface area contributed by atoms with E-state index in [1.807, 2.05) is 18.2 Å². The molecule has 4 nitrogen and oxygen atoms in total. The second-order valence-corrected chi connectivity index (χ2v) is 16.7. The van der Waals surface area contributed by atoms with Gasteiger partial charge in [0.1, 0.15) is 11.2 Å². The van der Waals surface area contributed by atoms with Crippen molar-refractivity contribution in [3.05, 3.63) is 249 Å². The average molecular weight is 856 g/mol. The average Bonchev–Trinajstić information content (AvgIpc) is 3.81. The smallest absolute Gasteiger partial charge is 0.160 e. The largest absolute Gasteiger partial charge is 0.455 e. The normalized spacial score (nSPS) is 11.3. The summed E-state index contributed by atoms with van der Waals surface area (Å²) in [5.74, 6) is 0.648. The van der Waals surface area contributed by atoms with Crippen molar-refractivity contribution < 1.29 is 4.42 Å². The van der Waals surface area contributed by atoms with E-state index in [9.17, 15) is 0 Å². The maximum absolute atomic E-state index is 6.41. The summed E-state index contributed by atoms with van der Waals surface area (Å²) in [4.78, 5) is 16.1. The monoisotopic (exact) mass is 855 g/mol. The number of furan rings is 1. The number of nitrogens with zero attached hydrogens (tertiary/aromatic N) is 3. The molecule has 3 heterocycles. The minimum atomic E-state index is 0.648. The summed E-state index contributed by atoms with van der Waals surface area (Å²) in [6.07, 6.45) is 0. The number of para-hydroxylation sites is 2. The molecule has 0 fully saturated rings. The predicted octanol–water partition coefficient (Wildman–Crippen LogP) is 16.8. The first-order valence-electron chi connectivity index (χ1n) is 22.6. The van der Waals surface area contributed by atoms with Gasteiger partial charge in [0.2, 0.25) is 0 Å². The maximum atomic E-state index is 6.41. The van der Waals surface area contributed by atoms with Crippen LogP contribution in [0, 0.1) is 0 Å². The molecule has 12 aromatic rings. The van der Waals surface area contributed by atoms with Crippen LogP contribution < -0.4 is 0 Å². The van der Waals surface area contributed by atoms with Crippen molar-refractivity contribution in [2.75, 3.05) is 0 Å². The van der Waals surface area contributed by atoms with Crippen molar-refractivity contribution in [1.29, 1.82) is 0 Å². The molecule has 9 aromatic carbocycles. The maximum Gasteiger partial charge on any atom is 0.160 e. The lowest BCUT2D eigenvalue weighted by Gasteiger charge is -2.23. The molecule has 0 unspecified atom stereocenters. The molecular formula is C63H41N3O. The molecule has 3 aromatic heterocycles. The lowest BCUT2D eigenvalue weighted by atomic mass is 9.83. The van der Waals surface area contributed by atoms with Gasteiger partial charge in [-0.1, -0.05) is 237 Å². The Morgan fingerprint density at radius 2 is 0.672 bits per heavy atom. The summed E-state index contributed by atoms with van der Waals surface area (Å²) in [5.41, 5.74) is 19.0. The van der Waals surface area contributed by atoms with Gasteiger partial charge in [0, 0.05) is 60.8 Å². The fourth-order valence-electron chi connectivity index (χ4n) is 9.32. The van der Waals surface area contributed by atoms with E-state index in [4.69, 9.17) is 19.4 Å². The van der Waals surface area contributed by atoms with E-state index < -0.39 is 0 Å². The van der Waals surface area contributed by atoms with Gasteiger partial charge >= 0.3 is 0 Å². The van der Waals surface area contributed by atoms with Crippen LogP contribution in [-0.2, 0) is 0 Å². The Bertz CT molecular complexity index is 3580. The Balaban J connectivity index is 1.02. The third kappa shape index (κ3) is 7.47. The van der Waals surface area contributed by atoms with Crippen LogP contribution in [-0.4, -0.2) is 15.0 Å². The van der Waals surface area contributed by atoms with Crippen LogP contribution in [0.1, 0.15) is 0 Å². The van der Waals surface area contributed by atoms with Crippen LogP contribution in [0.25, 0.3) is 123 Å². The highest BCUT2D eigenvalue weighted by Crippen LogP contribution is 2.49. The fraction of sp³-hybridized carbons (Fsp3) is 0. The fourth-order valence-corrected chi connectivity index (χ4v) is 9.32. The molecule has 67 heavy (non-hydrogen) atoms. The summed E-state index contributed by atoms with van der Waals surface area (Å²) < 4.78 is 6.41. The number of rotatable bonds is 9. The van der Waals surface area contributed by atoms with E-state index in [-0.39, 0.29) is 0 Å². The predicted molar refractivity (Wildman–Crippen MR) is 276 cm³/mol. The molecule has 0 N–H and O–H groups in total. The highest BCUT2D eigenvalue weighted by molar-refractivity contribution is 6.10. The third-order valence-corrected chi connectivity index (χ3v) is 12.5. The van der Waals surface area contributed by atoms with Crippen molar-refractivity contribution in [3.63, 3.8) is 0 Å². The number of fused-ring (bicyclic) bond motifs is 3. The minimum absolute atomic E-state index is 0.648. The quantitative estimate of drug-likeness (QED) is 0.145. The second kappa shape index (κ2) is 17.2. The zero-order valence-corrected chi connectivity index (χ0v) is 36.4. The molecule has 0 radical (unpaired) electrons. The van der Waals surface area contributed by atoms with Gasteiger partial charge in [-0.25, -0.2) is 15.0 Å². The van der Waals surface area contributed by atoms with Gasteiger partial charge in [-0.3, -0.25) is 0 Å². The zero-order valence-electron chi connectivity index (χ0n) is 36.4. The first-order chi connectivity index (χ1) is 33.2. The van der Waals surface area contributed by atoms with E-state index in [1.165, 1.54) is 0 Å². The molecule has 0 aliphatic rings. The molecule has 0 spiro atoms. The highest BCUT2D eigenvalue weighted by Gasteiger charge is 2.25. The van der Waals surface area contributed by atoms with Crippen LogP contribution in [0.15, 0.2) is 253 Å². The molecule has 314 valence electrons. The molecule has 0 atom stereocenters. The Hall–Kier alpha value is -8.99. The van der Waals surface area contributed by atoms with Crippen LogP contribution in [0.2, 0.25) is 0 Å². The molecule has 0 amide bonds. The first kappa shape index (κ1) is 39.6. The van der Waals surface area contributed by atoms with Gasteiger partial charge in [0.05, 0.1) is 22.8 Å².